The van der Waals surface area contributed by atoms with Gasteiger partial charge in [-0.1, -0.05) is 22.0 Å². The van der Waals surface area contributed by atoms with E-state index in [2.05, 4.69) is 31.5 Å². The summed E-state index contributed by atoms with van der Waals surface area (Å²) in [6.07, 6.45) is 4.86. The minimum absolute atomic E-state index is 0.143. The van der Waals surface area contributed by atoms with Gasteiger partial charge < -0.3 is 15.7 Å². The van der Waals surface area contributed by atoms with Crippen LogP contribution in [0.3, 0.4) is 0 Å². The number of hydrogen-bond acceptors (Lipinski definition) is 3. The molecule has 2 unspecified atom stereocenters. The van der Waals surface area contributed by atoms with Crippen molar-refractivity contribution in [1.82, 2.24) is 10.2 Å². The number of amides is 2. The molecule has 1 aliphatic carbocycles. The molecule has 2 atom stereocenters. The second-order valence-electron chi connectivity index (χ2n) is 6.93. The molecule has 132 valence electrons. The summed E-state index contributed by atoms with van der Waals surface area (Å²) in [6.45, 7) is 3.87. The second-order valence-corrected chi connectivity index (χ2v) is 7.85. The number of halogens is 1. The van der Waals surface area contributed by atoms with Gasteiger partial charge in [-0.25, -0.2) is 4.79 Å². The Labute approximate surface area is 151 Å². The summed E-state index contributed by atoms with van der Waals surface area (Å²) in [5.74, 6) is 0. The number of aryl methyl sites for hydroxylation is 1. The highest BCUT2D eigenvalue weighted by molar-refractivity contribution is 9.10. The number of likely N-dealkylation sites (tertiary alicyclic amines) is 1. The molecule has 24 heavy (non-hydrogen) atoms. The van der Waals surface area contributed by atoms with E-state index in [9.17, 15) is 9.90 Å². The number of carbonyl (C=O) groups excluding carboxylic acids is 1. The zero-order chi connectivity index (χ0) is 17.1. The molecule has 2 fully saturated rings. The molecule has 0 radical (unpaired) electrons. The number of carbonyl (C=O) groups is 1. The second kappa shape index (κ2) is 7.85. The smallest absolute Gasteiger partial charge is 0.319 e. The van der Waals surface area contributed by atoms with E-state index in [0.29, 0.717) is 6.04 Å². The first-order chi connectivity index (χ1) is 11.5. The number of rotatable bonds is 3. The monoisotopic (exact) mass is 395 g/mol. The Morgan fingerprint density at radius 2 is 2.00 bits per heavy atom. The molecule has 1 saturated carbocycles. The third-order valence-electron chi connectivity index (χ3n) is 5.23. The molecule has 1 saturated heterocycles. The van der Waals surface area contributed by atoms with E-state index in [1.807, 2.05) is 25.1 Å². The maximum atomic E-state index is 12.2. The maximum absolute atomic E-state index is 12.2. The van der Waals surface area contributed by atoms with Gasteiger partial charge >= 0.3 is 6.03 Å². The lowest BCUT2D eigenvalue weighted by Gasteiger charge is -2.37. The maximum Gasteiger partial charge on any atom is 0.319 e. The standard InChI is InChI=1S/C18H26BrN3O2/c1-12-5-6-13(19)11-15(12)21-18(24)20-14-7-9-22(10-8-14)16-3-2-4-17(16)23/h5-6,11,14,16-17,23H,2-4,7-10H2,1H3,(H2,20,21,24). The molecule has 1 aromatic carbocycles. The lowest BCUT2D eigenvalue weighted by molar-refractivity contribution is 0.0537. The Hall–Kier alpha value is -1.11. The minimum Gasteiger partial charge on any atom is -0.391 e. The Bertz CT molecular complexity index is 588. The van der Waals surface area contributed by atoms with Crippen LogP contribution in [-0.2, 0) is 0 Å². The minimum atomic E-state index is -0.169. The first kappa shape index (κ1) is 17.7. The van der Waals surface area contributed by atoms with Crippen molar-refractivity contribution in [3.8, 4) is 0 Å². The SMILES string of the molecule is Cc1ccc(Br)cc1NC(=O)NC1CCN(C2CCCC2O)CC1. The Morgan fingerprint density at radius 1 is 1.25 bits per heavy atom. The van der Waals surface area contributed by atoms with Gasteiger partial charge in [-0.2, -0.15) is 0 Å². The zero-order valence-electron chi connectivity index (χ0n) is 14.1. The molecular weight excluding hydrogens is 370 g/mol. The van der Waals surface area contributed by atoms with Gasteiger partial charge in [-0.3, -0.25) is 4.90 Å². The van der Waals surface area contributed by atoms with E-state index >= 15 is 0 Å². The summed E-state index contributed by atoms with van der Waals surface area (Å²) in [5, 5.41) is 16.1. The van der Waals surface area contributed by atoms with Crippen molar-refractivity contribution in [1.29, 1.82) is 0 Å². The fourth-order valence-corrected chi connectivity index (χ4v) is 4.16. The predicted molar refractivity (Wildman–Crippen MR) is 99.3 cm³/mol. The van der Waals surface area contributed by atoms with Crippen LogP contribution in [0.4, 0.5) is 10.5 Å². The first-order valence-electron chi connectivity index (χ1n) is 8.78. The highest BCUT2D eigenvalue weighted by Crippen LogP contribution is 2.27. The summed E-state index contributed by atoms with van der Waals surface area (Å²) in [7, 11) is 0. The van der Waals surface area contributed by atoms with Gasteiger partial charge in [0, 0.05) is 35.3 Å². The van der Waals surface area contributed by atoms with Crippen LogP contribution in [0.25, 0.3) is 0 Å². The first-order valence-corrected chi connectivity index (χ1v) is 9.58. The topological polar surface area (TPSA) is 64.6 Å². The third kappa shape index (κ3) is 4.29. The van der Waals surface area contributed by atoms with Crippen LogP contribution in [0.2, 0.25) is 0 Å². The lowest BCUT2D eigenvalue weighted by Crippen LogP contribution is -2.50. The summed E-state index contributed by atoms with van der Waals surface area (Å²) in [5.41, 5.74) is 1.87. The van der Waals surface area contributed by atoms with Crippen molar-refractivity contribution in [2.24, 2.45) is 0 Å². The molecule has 2 aliphatic rings. The Morgan fingerprint density at radius 3 is 2.67 bits per heavy atom. The van der Waals surface area contributed by atoms with E-state index in [0.717, 1.165) is 60.9 Å². The molecule has 3 N–H and O–H groups in total. The molecule has 2 amide bonds. The van der Waals surface area contributed by atoms with E-state index in [-0.39, 0.29) is 18.2 Å². The van der Waals surface area contributed by atoms with Crippen molar-refractivity contribution in [2.75, 3.05) is 18.4 Å². The molecule has 0 spiro atoms. The number of nitrogens with one attached hydrogen (secondary N) is 2. The lowest BCUT2D eigenvalue weighted by atomic mass is 10.0. The van der Waals surface area contributed by atoms with Crippen molar-refractivity contribution in [3.05, 3.63) is 28.2 Å². The zero-order valence-corrected chi connectivity index (χ0v) is 15.7. The number of nitrogens with zero attached hydrogens (tertiary/aromatic N) is 1. The molecule has 6 heteroatoms. The highest BCUT2D eigenvalue weighted by Gasteiger charge is 2.33. The molecule has 0 aromatic heterocycles. The van der Waals surface area contributed by atoms with Gasteiger partial charge in [0.15, 0.2) is 0 Å². The summed E-state index contributed by atoms with van der Waals surface area (Å²) in [6, 6.07) is 6.24. The number of piperidine rings is 1. The molecular formula is C18H26BrN3O2. The fraction of sp³-hybridized carbons (Fsp3) is 0.611. The van der Waals surface area contributed by atoms with Gasteiger partial charge in [0.25, 0.3) is 0 Å². The van der Waals surface area contributed by atoms with Crippen molar-refractivity contribution in [3.63, 3.8) is 0 Å². The van der Waals surface area contributed by atoms with Crippen LogP contribution in [0.1, 0.15) is 37.7 Å². The average molecular weight is 396 g/mol. The van der Waals surface area contributed by atoms with Crippen LogP contribution in [0, 0.1) is 6.92 Å². The van der Waals surface area contributed by atoms with Crippen LogP contribution >= 0.6 is 15.9 Å². The third-order valence-corrected chi connectivity index (χ3v) is 5.72. The molecule has 5 nitrogen and oxygen atoms in total. The van der Waals surface area contributed by atoms with E-state index in [1.165, 1.54) is 0 Å². The predicted octanol–water partition coefficient (Wildman–Crippen LogP) is 3.26. The summed E-state index contributed by atoms with van der Waals surface area (Å²) >= 11 is 3.43. The van der Waals surface area contributed by atoms with Crippen molar-refractivity contribution < 1.29 is 9.90 Å². The van der Waals surface area contributed by atoms with Crippen molar-refractivity contribution >= 4 is 27.6 Å². The molecule has 1 aromatic rings. The quantitative estimate of drug-likeness (QED) is 0.735. The van der Waals surface area contributed by atoms with Crippen LogP contribution in [-0.4, -0.2) is 47.3 Å². The van der Waals surface area contributed by atoms with Gasteiger partial charge in [0.05, 0.1) is 6.10 Å². The summed E-state index contributed by atoms with van der Waals surface area (Å²) < 4.78 is 0.951. The number of urea groups is 1. The van der Waals surface area contributed by atoms with Crippen LogP contribution in [0.5, 0.6) is 0 Å². The van der Waals surface area contributed by atoms with E-state index in [4.69, 9.17) is 0 Å². The molecule has 1 heterocycles. The van der Waals surface area contributed by atoms with E-state index < -0.39 is 0 Å². The van der Waals surface area contributed by atoms with Crippen LogP contribution in [0.15, 0.2) is 22.7 Å². The highest BCUT2D eigenvalue weighted by atomic mass is 79.9. The van der Waals surface area contributed by atoms with Gasteiger partial charge in [-0.15, -0.1) is 0 Å². The largest absolute Gasteiger partial charge is 0.391 e. The number of hydrogen-bond donors (Lipinski definition) is 3. The average Bonchev–Trinajstić information content (AvgIpc) is 2.98. The summed E-state index contributed by atoms with van der Waals surface area (Å²) in [4.78, 5) is 14.6. The number of benzene rings is 1. The number of anilines is 1. The fourth-order valence-electron chi connectivity index (χ4n) is 3.79. The Kier molecular flexibility index (Phi) is 5.79. The molecule has 1 aliphatic heterocycles. The van der Waals surface area contributed by atoms with Crippen molar-refractivity contribution in [2.45, 2.75) is 57.2 Å². The van der Waals surface area contributed by atoms with Gasteiger partial charge in [0.2, 0.25) is 0 Å². The number of aliphatic hydroxyl groups excluding tert-OH is 1. The van der Waals surface area contributed by atoms with Gasteiger partial charge in [0.1, 0.15) is 0 Å². The Balaban J connectivity index is 1.47. The number of aliphatic hydroxyl groups is 1. The van der Waals surface area contributed by atoms with Gasteiger partial charge in [-0.05, 0) is 56.7 Å². The molecule has 0 bridgehead atoms. The van der Waals surface area contributed by atoms with Crippen LogP contribution < -0.4 is 10.6 Å². The molecule has 3 rings (SSSR count). The van der Waals surface area contributed by atoms with E-state index in [1.54, 1.807) is 0 Å². The normalized spacial score (nSPS) is 25.6.